The van der Waals surface area contributed by atoms with Gasteiger partial charge in [0, 0.05) is 12.1 Å². The van der Waals surface area contributed by atoms with Crippen LogP contribution in [0.4, 0.5) is 0 Å². The lowest BCUT2D eigenvalue weighted by atomic mass is 10.0. The van der Waals surface area contributed by atoms with Crippen LogP contribution in [0.3, 0.4) is 0 Å². The number of halogens is 1. The van der Waals surface area contributed by atoms with Gasteiger partial charge in [0.2, 0.25) is 0 Å². The molecule has 0 atom stereocenters. The van der Waals surface area contributed by atoms with E-state index in [0.717, 1.165) is 41.7 Å². The molecular formula is C14H24BrN3O. The Kier molecular flexibility index (Phi) is 5.03. The summed E-state index contributed by atoms with van der Waals surface area (Å²) in [6.45, 7) is 6.32. The topological polar surface area (TPSA) is 53.1 Å². The van der Waals surface area contributed by atoms with Gasteiger partial charge >= 0.3 is 0 Å². The van der Waals surface area contributed by atoms with Crippen molar-refractivity contribution in [3.63, 3.8) is 0 Å². The van der Waals surface area contributed by atoms with Crippen LogP contribution < -0.4 is 5.73 Å². The molecule has 1 aliphatic carbocycles. The first-order valence-corrected chi connectivity index (χ1v) is 7.99. The minimum atomic E-state index is -0.100. The number of nitrogens with zero attached hydrogens (tertiary/aromatic N) is 2. The van der Waals surface area contributed by atoms with Gasteiger partial charge in [-0.05, 0) is 42.1 Å². The molecule has 2 N–H and O–H groups in total. The maximum Gasteiger partial charge on any atom is 0.0897 e. The first-order chi connectivity index (χ1) is 9.09. The Morgan fingerprint density at radius 1 is 1.37 bits per heavy atom. The van der Waals surface area contributed by atoms with Crippen molar-refractivity contribution < 1.29 is 4.74 Å². The van der Waals surface area contributed by atoms with Crippen molar-refractivity contribution in [1.82, 2.24) is 9.78 Å². The summed E-state index contributed by atoms with van der Waals surface area (Å²) in [5, 5.41) is 4.57. The Morgan fingerprint density at radius 3 is 2.63 bits per heavy atom. The van der Waals surface area contributed by atoms with Crippen LogP contribution >= 0.6 is 15.9 Å². The second-order valence-electron chi connectivity index (χ2n) is 5.44. The number of rotatable bonds is 6. The summed E-state index contributed by atoms with van der Waals surface area (Å²) in [4.78, 5) is 0. The maximum absolute atomic E-state index is 6.30. The zero-order valence-electron chi connectivity index (χ0n) is 11.9. The Morgan fingerprint density at radius 2 is 2.05 bits per heavy atom. The van der Waals surface area contributed by atoms with Crippen molar-refractivity contribution in [3.05, 3.63) is 15.9 Å². The Labute approximate surface area is 123 Å². The predicted molar refractivity (Wildman–Crippen MR) is 80.0 cm³/mol. The van der Waals surface area contributed by atoms with E-state index in [9.17, 15) is 0 Å². The van der Waals surface area contributed by atoms with Crippen molar-refractivity contribution in [1.29, 1.82) is 0 Å². The number of nitrogens with two attached hydrogens (primary N) is 1. The van der Waals surface area contributed by atoms with E-state index in [1.807, 2.05) is 4.68 Å². The number of hydrogen-bond donors (Lipinski definition) is 1. The molecule has 1 aromatic rings. The smallest absolute Gasteiger partial charge is 0.0897 e. The third-order valence-electron chi connectivity index (χ3n) is 3.92. The van der Waals surface area contributed by atoms with Gasteiger partial charge in [0.1, 0.15) is 0 Å². The highest BCUT2D eigenvalue weighted by molar-refractivity contribution is 9.10. The third kappa shape index (κ3) is 3.38. The Hall–Kier alpha value is -0.390. The molecule has 2 rings (SSSR count). The summed E-state index contributed by atoms with van der Waals surface area (Å²) < 4.78 is 8.98. The average Bonchev–Trinajstić information content (AvgIpc) is 2.95. The van der Waals surface area contributed by atoms with Gasteiger partial charge < -0.3 is 10.5 Å². The molecule has 1 aliphatic rings. The molecule has 1 fully saturated rings. The van der Waals surface area contributed by atoms with Crippen LogP contribution in [0.2, 0.25) is 0 Å². The zero-order chi connectivity index (χ0) is 13.9. The molecule has 5 heteroatoms. The zero-order valence-corrected chi connectivity index (χ0v) is 13.5. The Bertz CT molecular complexity index is 425. The van der Waals surface area contributed by atoms with E-state index in [0.29, 0.717) is 13.2 Å². The van der Waals surface area contributed by atoms with Crippen LogP contribution in [-0.4, -0.2) is 21.9 Å². The number of hydrogen-bond acceptors (Lipinski definition) is 3. The summed E-state index contributed by atoms with van der Waals surface area (Å²) >= 11 is 3.64. The molecule has 0 saturated heterocycles. The van der Waals surface area contributed by atoms with Crippen molar-refractivity contribution in [2.75, 3.05) is 6.61 Å². The minimum Gasteiger partial charge on any atom is -0.373 e. The lowest BCUT2D eigenvalue weighted by Crippen LogP contribution is -2.41. The van der Waals surface area contributed by atoms with Crippen molar-refractivity contribution in [2.24, 2.45) is 5.73 Å². The van der Waals surface area contributed by atoms with Gasteiger partial charge in [0.15, 0.2) is 0 Å². The van der Waals surface area contributed by atoms with E-state index in [4.69, 9.17) is 10.5 Å². The fourth-order valence-electron chi connectivity index (χ4n) is 2.73. The summed E-state index contributed by atoms with van der Waals surface area (Å²) in [6.07, 6.45) is 5.57. The molecule has 4 nitrogen and oxygen atoms in total. The lowest BCUT2D eigenvalue weighted by Gasteiger charge is -2.23. The number of aryl methyl sites for hydroxylation is 2. The maximum atomic E-state index is 6.30. The third-order valence-corrected chi connectivity index (χ3v) is 4.84. The first-order valence-electron chi connectivity index (χ1n) is 7.20. The summed E-state index contributed by atoms with van der Waals surface area (Å²) in [5.41, 5.74) is 8.43. The molecule has 0 amide bonds. The second-order valence-corrected chi connectivity index (χ2v) is 6.23. The van der Waals surface area contributed by atoms with Gasteiger partial charge in [-0.25, -0.2) is 0 Å². The summed E-state index contributed by atoms with van der Waals surface area (Å²) in [5.74, 6) is 0. The molecule has 0 aromatic carbocycles. The summed E-state index contributed by atoms with van der Waals surface area (Å²) in [6, 6.07) is 0. The van der Waals surface area contributed by atoms with E-state index >= 15 is 0 Å². The Balaban J connectivity index is 1.97. The summed E-state index contributed by atoms with van der Waals surface area (Å²) in [7, 11) is 0. The minimum absolute atomic E-state index is 0.100. The van der Waals surface area contributed by atoms with Crippen molar-refractivity contribution in [2.45, 2.75) is 64.6 Å². The van der Waals surface area contributed by atoms with E-state index < -0.39 is 0 Å². The average molecular weight is 330 g/mol. The highest BCUT2D eigenvalue weighted by Gasteiger charge is 2.29. The van der Waals surface area contributed by atoms with E-state index in [1.165, 1.54) is 12.8 Å². The van der Waals surface area contributed by atoms with Crippen LogP contribution in [0, 0.1) is 0 Å². The van der Waals surface area contributed by atoms with Crippen LogP contribution in [0.15, 0.2) is 4.47 Å². The SMILES string of the molecule is CCc1nn(CC)c(COCC2(N)CCCC2)c1Br. The highest BCUT2D eigenvalue weighted by atomic mass is 79.9. The van der Waals surface area contributed by atoms with Gasteiger partial charge in [-0.15, -0.1) is 0 Å². The fourth-order valence-corrected chi connectivity index (χ4v) is 3.41. The van der Waals surface area contributed by atoms with Crippen LogP contribution in [-0.2, 0) is 24.3 Å². The van der Waals surface area contributed by atoms with Gasteiger partial charge in [-0.2, -0.15) is 5.10 Å². The van der Waals surface area contributed by atoms with Crippen molar-refractivity contribution >= 4 is 15.9 Å². The molecule has 0 bridgehead atoms. The van der Waals surface area contributed by atoms with E-state index in [1.54, 1.807) is 0 Å². The number of aromatic nitrogens is 2. The molecule has 0 spiro atoms. The molecule has 1 aromatic heterocycles. The van der Waals surface area contributed by atoms with Crippen LogP contribution in [0.1, 0.15) is 50.9 Å². The molecule has 0 radical (unpaired) electrons. The number of ether oxygens (including phenoxy) is 1. The standard InChI is InChI=1S/C14H24BrN3O/c1-3-11-13(15)12(18(4-2)17-11)9-19-10-14(16)7-5-6-8-14/h3-10,16H2,1-2H3. The van der Waals surface area contributed by atoms with Gasteiger partial charge in [-0.3, -0.25) is 4.68 Å². The van der Waals surface area contributed by atoms with Gasteiger partial charge in [0.05, 0.1) is 29.1 Å². The monoisotopic (exact) mass is 329 g/mol. The lowest BCUT2D eigenvalue weighted by molar-refractivity contribution is 0.0705. The van der Waals surface area contributed by atoms with Crippen molar-refractivity contribution in [3.8, 4) is 0 Å². The van der Waals surface area contributed by atoms with E-state index in [-0.39, 0.29) is 5.54 Å². The molecule has 19 heavy (non-hydrogen) atoms. The molecular weight excluding hydrogens is 306 g/mol. The van der Waals surface area contributed by atoms with Gasteiger partial charge in [-0.1, -0.05) is 19.8 Å². The second kappa shape index (κ2) is 6.37. The van der Waals surface area contributed by atoms with Gasteiger partial charge in [0.25, 0.3) is 0 Å². The molecule has 0 unspecified atom stereocenters. The largest absolute Gasteiger partial charge is 0.373 e. The molecule has 108 valence electrons. The highest BCUT2D eigenvalue weighted by Crippen LogP contribution is 2.28. The van der Waals surface area contributed by atoms with Crippen LogP contribution in [0.25, 0.3) is 0 Å². The molecule has 1 saturated carbocycles. The molecule has 1 heterocycles. The molecule has 0 aliphatic heterocycles. The van der Waals surface area contributed by atoms with E-state index in [2.05, 4.69) is 34.9 Å². The first kappa shape index (κ1) is 15.0. The predicted octanol–water partition coefficient (Wildman–Crippen LogP) is 3.02. The fraction of sp³-hybridized carbons (Fsp3) is 0.786. The quantitative estimate of drug-likeness (QED) is 0.872. The normalized spacial score (nSPS) is 18.1. The van der Waals surface area contributed by atoms with Crippen LogP contribution in [0.5, 0.6) is 0 Å².